The van der Waals surface area contributed by atoms with Gasteiger partial charge in [-0.05, 0) is 36.2 Å². The van der Waals surface area contributed by atoms with Gasteiger partial charge in [0.1, 0.15) is 5.75 Å². The molecule has 3 heteroatoms. The third kappa shape index (κ3) is 3.93. The number of halogens is 1. The number of hydrogen-bond donors (Lipinski definition) is 0. The van der Waals surface area contributed by atoms with Crippen molar-refractivity contribution in [3.8, 4) is 5.75 Å². The van der Waals surface area contributed by atoms with E-state index in [4.69, 9.17) is 4.74 Å². The number of hydrogen-bond acceptors (Lipinski definition) is 2. The monoisotopic (exact) mass is 318 g/mol. The third-order valence-corrected chi connectivity index (χ3v) is 3.41. The van der Waals surface area contributed by atoms with Crippen LogP contribution in [-0.2, 0) is 6.42 Å². The fourth-order valence-electron chi connectivity index (χ4n) is 1.89. The van der Waals surface area contributed by atoms with Gasteiger partial charge >= 0.3 is 0 Å². The van der Waals surface area contributed by atoms with Gasteiger partial charge in [-0.2, -0.15) is 0 Å². The Bertz CT molecular complexity index is 578. The van der Waals surface area contributed by atoms with Crippen molar-refractivity contribution in [2.24, 2.45) is 0 Å². The Morgan fingerprint density at radius 2 is 1.95 bits per heavy atom. The molecule has 0 spiro atoms. The minimum atomic E-state index is 0.138. The first kappa shape index (κ1) is 13.8. The zero-order chi connectivity index (χ0) is 13.7. The van der Waals surface area contributed by atoms with Crippen molar-refractivity contribution in [3.63, 3.8) is 0 Å². The van der Waals surface area contributed by atoms with Gasteiger partial charge in [0, 0.05) is 16.5 Å². The molecule has 2 nitrogen and oxygen atoms in total. The van der Waals surface area contributed by atoms with Crippen molar-refractivity contribution in [1.29, 1.82) is 0 Å². The number of ketones is 1. The molecular weight excluding hydrogens is 304 g/mol. The highest BCUT2D eigenvalue weighted by Crippen LogP contribution is 2.17. The predicted molar refractivity (Wildman–Crippen MR) is 79.8 cm³/mol. The van der Waals surface area contributed by atoms with Gasteiger partial charge in [-0.15, -0.1) is 0 Å². The average molecular weight is 319 g/mol. The van der Waals surface area contributed by atoms with Gasteiger partial charge in [-0.25, -0.2) is 0 Å². The Morgan fingerprint density at radius 1 is 1.16 bits per heavy atom. The van der Waals surface area contributed by atoms with Crippen LogP contribution in [0.5, 0.6) is 5.75 Å². The van der Waals surface area contributed by atoms with Crippen LogP contribution in [0.4, 0.5) is 0 Å². The van der Waals surface area contributed by atoms with E-state index in [2.05, 4.69) is 15.9 Å². The second-order valence-corrected chi connectivity index (χ2v) is 5.20. The van der Waals surface area contributed by atoms with Gasteiger partial charge < -0.3 is 4.74 Å². The number of carbonyl (C=O) groups excluding carboxylic acids is 1. The molecule has 0 aliphatic rings. The lowest BCUT2D eigenvalue weighted by Gasteiger charge is -2.04. The summed E-state index contributed by atoms with van der Waals surface area (Å²) in [5.74, 6) is 0.854. The van der Waals surface area contributed by atoms with Crippen molar-refractivity contribution in [2.45, 2.75) is 12.8 Å². The third-order valence-electron chi connectivity index (χ3n) is 2.92. The molecule has 0 aromatic heterocycles. The summed E-state index contributed by atoms with van der Waals surface area (Å²) >= 11 is 3.43. The van der Waals surface area contributed by atoms with E-state index >= 15 is 0 Å². The Balaban J connectivity index is 2.01. The molecular formula is C16H15BrO2. The van der Waals surface area contributed by atoms with Crippen molar-refractivity contribution < 1.29 is 9.53 Å². The second kappa shape index (κ2) is 6.53. The van der Waals surface area contributed by atoms with Crippen molar-refractivity contribution in [1.82, 2.24) is 0 Å². The number of ether oxygens (including phenoxy) is 1. The van der Waals surface area contributed by atoms with E-state index in [0.29, 0.717) is 17.7 Å². The number of aryl methyl sites for hydroxylation is 1. The highest BCUT2D eigenvalue weighted by molar-refractivity contribution is 9.10. The highest BCUT2D eigenvalue weighted by Gasteiger charge is 2.07. The van der Waals surface area contributed by atoms with Gasteiger partial charge in [0.15, 0.2) is 5.78 Å². The molecule has 98 valence electrons. The molecule has 2 aromatic rings. The minimum absolute atomic E-state index is 0.138. The van der Waals surface area contributed by atoms with E-state index in [0.717, 1.165) is 16.5 Å². The summed E-state index contributed by atoms with van der Waals surface area (Å²) in [5, 5.41) is 0. The van der Waals surface area contributed by atoms with Gasteiger partial charge in [-0.1, -0.05) is 40.2 Å². The predicted octanol–water partition coefficient (Wildman–Crippen LogP) is 4.27. The molecule has 0 bridgehead atoms. The Morgan fingerprint density at radius 3 is 2.68 bits per heavy atom. The fraction of sp³-hybridized carbons (Fsp3) is 0.188. The first-order valence-corrected chi connectivity index (χ1v) is 6.90. The van der Waals surface area contributed by atoms with Crippen LogP contribution >= 0.6 is 15.9 Å². The first-order valence-electron chi connectivity index (χ1n) is 6.11. The zero-order valence-electron chi connectivity index (χ0n) is 10.7. The molecule has 0 amide bonds. The number of Topliss-reactive ketones (excluding diaryl/α,β-unsaturated/α-hetero) is 1. The summed E-state index contributed by atoms with van der Waals surface area (Å²) in [6, 6.07) is 15.3. The Kier molecular flexibility index (Phi) is 4.74. The maximum atomic E-state index is 12.1. The van der Waals surface area contributed by atoms with E-state index in [1.54, 1.807) is 13.2 Å². The van der Waals surface area contributed by atoms with Crippen LogP contribution in [-0.4, -0.2) is 12.9 Å². The van der Waals surface area contributed by atoms with Gasteiger partial charge in [0.05, 0.1) is 7.11 Å². The zero-order valence-corrected chi connectivity index (χ0v) is 12.3. The van der Waals surface area contributed by atoms with Crippen LogP contribution < -0.4 is 4.74 Å². The average Bonchev–Trinajstić information content (AvgIpc) is 2.45. The summed E-state index contributed by atoms with van der Waals surface area (Å²) in [6.07, 6.45) is 1.25. The van der Waals surface area contributed by atoms with E-state index in [-0.39, 0.29) is 5.78 Å². The highest BCUT2D eigenvalue weighted by atomic mass is 79.9. The van der Waals surface area contributed by atoms with E-state index in [9.17, 15) is 4.79 Å². The molecule has 2 aromatic carbocycles. The lowest BCUT2D eigenvalue weighted by Crippen LogP contribution is -2.01. The van der Waals surface area contributed by atoms with Gasteiger partial charge in [0.2, 0.25) is 0 Å². The fourth-order valence-corrected chi connectivity index (χ4v) is 2.34. The van der Waals surface area contributed by atoms with Gasteiger partial charge in [0.25, 0.3) is 0 Å². The molecule has 0 aliphatic heterocycles. The molecule has 0 heterocycles. The minimum Gasteiger partial charge on any atom is -0.497 e. The normalized spacial score (nSPS) is 10.2. The van der Waals surface area contributed by atoms with E-state index in [1.807, 2.05) is 42.5 Å². The molecule has 0 fully saturated rings. The molecule has 0 radical (unpaired) electrons. The Hall–Kier alpha value is -1.61. The lowest BCUT2D eigenvalue weighted by atomic mass is 10.0. The maximum absolute atomic E-state index is 12.1. The molecule has 0 saturated carbocycles. The van der Waals surface area contributed by atoms with Crippen LogP contribution in [0.25, 0.3) is 0 Å². The molecule has 19 heavy (non-hydrogen) atoms. The topological polar surface area (TPSA) is 26.3 Å². The standard InChI is InChI=1S/C16H15BrO2/c1-19-15-7-3-5-13(11-15)16(18)9-8-12-4-2-6-14(17)10-12/h2-7,10-11H,8-9H2,1H3. The van der Waals surface area contributed by atoms with Crippen LogP contribution in [0.3, 0.4) is 0 Å². The van der Waals surface area contributed by atoms with Crippen LogP contribution in [0, 0.1) is 0 Å². The molecule has 0 saturated heterocycles. The van der Waals surface area contributed by atoms with Crippen molar-refractivity contribution >= 4 is 21.7 Å². The van der Waals surface area contributed by atoms with E-state index < -0.39 is 0 Å². The number of methoxy groups -OCH3 is 1. The van der Waals surface area contributed by atoms with Crippen molar-refractivity contribution in [2.75, 3.05) is 7.11 Å². The van der Waals surface area contributed by atoms with Gasteiger partial charge in [-0.3, -0.25) is 4.79 Å². The second-order valence-electron chi connectivity index (χ2n) is 4.29. The van der Waals surface area contributed by atoms with E-state index in [1.165, 1.54) is 0 Å². The quantitative estimate of drug-likeness (QED) is 0.769. The lowest BCUT2D eigenvalue weighted by molar-refractivity contribution is 0.0982. The van der Waals surface area contributed by atoms with Crippen molar-refractivity contribution in [3.05, 3.63) is 64.1 Å². The largest absolute Gasteiger partial charge is 0.497 e. The SMILES string of the molecule is COc1cccc(C(=O)CCc2cccc(Br)c2)c1. The molecule has 2 rings (SSSR count). The number of carbonyl (C=O) groups is 1. The number of rotatable bonds is 5. The summed E-state index contributed by atoms with van der Waals surface area (Å²) in [5.41, 5.74) is 1.86. The Labute approximate surface area is 121 Å². The van der Waals surface area contributed by atoms with Crippen LogP contribution in [0.15, 0.2) is 53.0 Å². The molecule has 0 N–H and O–H groups in total. The number of benzene rings is 2. The smallest absolute Gasteiger partial charge is 0.163 e. The van der Waals surface area contributed by atoms with Crippen LogP contribution in [0.2, 0.25) is 0 Å². The first-order chi connectivity index (χ1) is 9.19. The maximum Gasteiger partial charge on any atom is 0.163 e. The summed E-state index contributed by atoms with van der Waals surface area (Å²) in [7, 11) is 1.60. The summed E-state index contributed by atoms with van der Waals surface area (Å²) in [6.45, 7) is 0. The summed E-state index contributed by atoms with van der Waals surface area (Å²) in [4.78, 5) is 12.1. The molecule has 0 aliphatic carbocycles. The summed E-state index contributed by atoms with van der Waals surface area (Å²) < 4.78 is 6.17. The molecule has 0 atom stereocenters. The molecule has 0 unspecified atom stereocenters. The van der Waals surface area contributed by atoms with Crippen LogP contribution in [0.1, 0.15) is 22.3 Å².